The highest BCUT2D eigenvalue weighted by Crippen LogP contribution is 2.44. The van der Waals surface area contributed by atoms with Crippen LogP contribution in [0.4, 0.5) is 4.79 Å². The lowest BCUT2D eigenvalue weighted by Crippen LogP contribution is -2.47. The number of amides is 2. The predicted octanol–water partition coefficient (Wildman–Crippen LogP) is 5.65. The largest absolute Gasteiger partial charge is 0.489 e. The molecular formula is C34H32N2O6. The topological polar surface area (TPSA) is 114 Å². The summed E-state index contributed by atoms with van der Waals surface area (Å²) in [6.45, 7) is 0.679. The van der Waals surface area contributed by atoms with Gasteiger partial charge in [0.15, 0.2) is 0 Å². The van der Waals surface area contributed by atoms with Crippen molar-refractivity contribution in [3.63, 3.8) is 0 Å². The fourth-order valence-corrected chi connectivity index (χ4v) is 5.12. The van der Waals surface area contributed by atoms with Crippen molar-refractivity contribution in [1.82, 2.24) is 10.6 Å². The molecule has 4 aromatic rings. The molecule has 5 rings (SSSR count). The number of carboxylic acid groups (broad SMARTS) is 1. The highest BCUT2D eigenvalue weighted by atomic mass is 16.5. The van der Waals surface area contributed by atoms with E-state index in [1.165, 1.54) is 0 Å². The van der Waals surface area contributed by atoms with Crippen molar-refractivity contribution in [2.24, 2.45) is 0 Å². The van der Waals surface area contributed by atoms with Crippen LogP contribution in [0.25, 0.3) is 11.1 Å². The van der Waals surface area contributed by atoms with Gasteiger partial charge < -0.3 is 25.2 Å². The minimum absolute atomic E-state index is 0.0778. The summed E-state index contributed by atoms with van der Waals surface area (Å²) in [7, 11) is 0. The minimum Gasteiger partial charge on any atom is -0.489 e. The average molecular weight is 565 g/mol. The summed E-state index contributed by atoms with van der Waals surface area (Å²) < 4.78 is 11.4. The Hall–Kier alpha value is -5.11. The molecule has 2 amide bonds. The summed E-state index contributed by atoms with van der Waals surface area (Å²) in [4.78, 5) is 37.1. The highest BCUT2D eigenvalue weighted by molar-refractivity contribution is 5.86. The Bertz CT molecular complexity index is 1510. The smallest absolute Gasteiger partial charge is 0.407 e. The molecule has 0 bridgehead atoms. The van der Waals surface area contributed by atoms with Crippen LogP contribution >= 0.6 is 0 Å². The number of aliphatic carboxylic acids is 1. The van der Waals surface area contributed by atoms with Crippen LogP contribution < -0.4 is 15.4 Å². The van der Waals surface area contributed by atoms with Crippen LogP contribution in [0.5, 0.6) is 5.75 Å². The van der Waals surface area contributed by atoms with Gasteiger partial charge in [-0.25, -0.2) is 4.79 Å². The lowest BCUT2D eigenvalue weighted by Gasteiger charge is -2.19. The minimum atomic E-state index is -1.07. The average Bonchev–Trinajstić information content (AvgIpc) is 3.34. The van der Waals surface area contributed by atoms with Gasteiger partial charge in [0.1, 0.15) is 25.0 Å². The first-order valence-electron chi connectivity index (χ1n) is 13.8. The van der Waals surface area contributed by atoms with E-state index >= 15 is 0 Å². The maximum absolute atomic E-state index is 13.0. The molecule has 0 heterocycles. The molecule has 1 aliphatic rings. The van der Waals surface area contributed by atoms with Gasteiger partial charge in [-0.3, -0.25) is 9.59 Å². The highest BCUT2D eigenvalue weighted by Gasteiger charge is 2.30. The predicted molar refractivity (Wildman–Crippen MR) is 158 cm³/mol. The second kappa shape index (κ2) is 13.5. The van der Waals surface area contributed by atoms with Gasteiger partial charge >= 0.3 is 12.1 Å². The van der Waals surface area contributed by atoms with E-state index in [1.807, 2.05) is 103 Å². The molecule has 0 saturated carbocycles. The van der Waals surface area contributed by atoms with E-state index in [9.17, 15) is 19.5 Å². The van der Waals surface area contributed by atoms with Gasteiger partial charge in [0.2, 0.25) is 5.91 Å². The number of fused-ring (bicyclic) bond motifs is 3. The molecule has 1 atom stereocenters. The Labute approximate surface area is 244 Å². The van der Waals surface area contributed by atoms with E-state index in [2.05, 4.69) is 10.6 Å². The normalized spacial score (nSPS) is 12.5. The van der Waals surface area contributed by atoms with Gasteiger partial charge in [-0.1, -0.05) is 91.0 Å². The first-order valence-corrected chi connectivity index (χ1v) is 13.8. The van der Waals surface area contributed by atoms with Gasteiger partial charge in [-0.2, -0.15) is 0 Å². The maximum Gasteiger partial charge on any atom is 0.407 e. The van der Waals surface area contributed by atoms with Gasteiger partial charge in [-0.15, -0.1) is 0 Å². The van der Waals surface area contributed by atoms with Gasteiger partial charge in [0.25, 0.3) is 0 Å². The third kappa shape index (κ3) is 7.14. The van der Waals surface area contributed by atoms with Crippen molar-refractivity contribution in [2.45, 2.75) is 38.0 Å². The number of carbonyl (C=O) groups is 3. The number of carbonyl (C=O) groups excluding carboxylic acids is 2. The van der Waals surface area contributed by atoms with E-state index in [4.69, 9.17) is 9.47 Å². The number of hydrogen-bond acceptors (Lipinski definition) is 5. The van der Waals surface area contributed by atoms with Crippen LogP contribution in [0.3, 0.4) is 0 Å². The fraction of sp³-hybridized carbons (Fsp3) is 0.206. The van der Waals surface area contributed by atoms with E-state index < -0.39 is 24.0 Å². The Kier molecular flexibility index (Phi) is 9.13. The van der Waals surface area contributed by atoms with Crippen LogP contribution in [-0.4, -0.2) is 35.7 Å². The van der Waals surface area contributed by atoms with Gasteiger partial charge in [0, 0.05) is 18.9 Å². The molecule has 42 heavy (non-hydrogen) atoms. The molecule has 0 saturated heterocycles. The fourth-order valence-electron chi connectivity index (χ4n) is 5.12. The molecule has 0 fully saturated rings. The van der Waals surface area contributed by atoms with Gasteiger partial charge in [-0.05, 0) is 51.9 Å². The quantitative estimate of drug-likeness (QED) is 0.205. The third-order valence-corrected chi connectivity index (χ3v) is 7.21. The molecule has 1 aliphatic carbocycles. The maximum atomic E-state index is 13.0. The van der Waals surface area contributed by atoms with Crippen molar-refractivity contribution < 1.29 is 29.0 Å². The van der Waals surface area contributed by atoms with E-state index in [1.54, 1.807) is 0 Å². The molecule has 214 valence electrons. The number of ether oxygens (including phenoxy) is 2. The second-order valence-corrected chi connectivity index (χ2v) is 10.1. The number of rotatable bonds is 12. The van der Waals surface area contributed by atoms with E-state index in [-0.39, 0.29) is 31.9 Å². The summed E-state index contributed by atoms with van der Waals surface area (Å²) in [5, 5.41) is 14.6. The zero-order chi connectivity index (χ0) is 29.3. The van der Waals surface area contributed by atoms with Crippen LogP contribution in [0.2, 0.25) is 0 Å². The van der Waals surface area contributed by atoms with Crippen LogP contribution in [0.1, 0.15) is 41.0 Å². The first-order chi connectivity index (χ1) is 20.5. The number of carboxylic acids is 1. The Morgan fingerprint density at radius 2 is 1.43 bits per heavy atom. The molecule has 4 aromatic carbocycles. The number of benzene rings is 4. The van der Waals surface area contributed by atoms with Gasteiger partial charge in [0.05, 0.1) is 0 Å². The summed E-state index contributed by atoms with van der Waals surface area (Å²) in [6.07, 6.45) is -1.14. The van der Waals surface area contributed by atoms with Crippen LogP contribution in [0.15, 0.2) is 103 Å². The molecule has 8 nitrogen and oxygen atoms in total. The van der Waals surface area contributed by atoms with E-state index in [0.29, 0.717) is 12.4 Å². The lowest BCUT2D eigenvalue weighted by atomic mass is 9.98. The summed E-state index contributed by atoms with van der Waals surface area (Å²) in [5.41, 5.74) is 6.19. The molecule has 0 aliphatic heterocycles. The molecule has 0 radical (unpaired) electrons. The SMILES string of the molecule is O=C(O)CCC(NC(=O)OCC1c2ccccc2-c2ccccc21)C(=O)NCc1cccc(OCc2ccccc2)c1. The summed E-state index contributed by atoms with van der Waals surface area (Å²) >= 11 is 0. The monoisotopic (exact) mass is 564 g/mol. The van der Waals surface area contributed by atoms with Crippen molar-refractivity contribution in [3.05, 3.63) is 125 Å². The molecule has 0 aromatic heterocycles. The summed E-state index contributed by atoms with van der Waals surface area (Å²) in [6, 6.07) is 32.1. The zero-order valence-corrected chi connectivity index (χ0v) is 23.0. The number of hydrogen-bond donors (Lipinski definition) is 3. The molecule has 8 heteroatoms. The Morgan fingerprint density at radius 3 is 2.12 bits per heavy atom. The molecule has 3 N–H and O–H groups in total. The second-order valence-electron chi connectivity index (χ2n) is 10.1. The Morgan fingerprint density at radius 1 is 0.786 bits per heavy atom. The van der Waals surface area contributed by atoms with Crippen LogP contribution in [-0.2, 0) is 27.5 Å². The zero-order valence-electron chi connectivity index (χ0n) is 23.0. The van der Waals surface area contributed by atoms with Crippen molar-refractivity contribution in [2.75, 3.05) is 6.61 Å². The Balaban J connectivity index is 1.17. The standard InChI is InChI=1S/C34H32N2O6/c37-32(38)18-17-31(33(39)35-20-24-11-8-12-25(19-24)41-21-23-9-2-1-3-10-23)36-34(40)42-22-30-28-15-6-4-13-26(28)27-14-5-7-16-29(27)30/h1-16,19,30-31H,17-18,20-22H2,(H,35,39)(H,36,40)(H,37,38). The van der Waals surface area contributed by atoms with Crippen molar-refractivity contribution in [1.29, 1.82) is 0 Å². The molecule has 0 spiro atoms. The van der Waals surface area contributed by atoms with Crippen molar-refractivity contribution in [3.8, 4) is 16.9 Å². The molecule has 1 unspecified atom stereocenters. The van der Waals surface area contributed by atoms with E-state index in [0.717, 1.165) is 33.4 Å². The number of alkyl carbamates (subject to hydrolysis) is 1. The molecular weight excluding hydrogens is 532 g/mol. The first kappa shape index (κ1) is 28.4. The van der Waals surface area contributed by atoms with Crippen molar-refractivity contribution >= 4 is 18.0 Å². The summed E-state index contributed by atoms with van der Waals surface area (Å²) in [5.74, 6) is -1.04. The lowest BCUT2D eigenvalue weighted by molar-refractivity contribution is -0.137. The third-order valence-electron chi connectivity index (χ3n) is 7.21. The number of nitrogens with one attached hydrogen (secondary N) is 2. The van der Waals surface area contributed by atoms with Crippen LogP contribution in [0, 0.1) is 0 Å².